The van der Waals surface area contributed by atoms with Crippen molar-refractivity contribution in [2.24, 2.45) is 11.3 Å². The molecule has 0 bridgehead atoms. The second-order valence-corrected chi connectivity index (χ2v) is 8.62. The Kier molecular flexibility index (Phi) is 3.61. The zero-order valence-electron chi connectivity index (χ0n) is 11.3. The highest BCUT2D eigenvalue weighted by molar-refractivity contribution is 8.01. The first-order valence-electron chi connectivity index (χ1n) is 6.84. The van der Waals surface area contributed by atoms with Gasteiger partial charge in [-0.05, 0) is 37.0 Å². The van der Waals surface area contributed by atoms with Crippen LogP contribution in [0.5, 0.6) is 0 Å². The molecule has 1 aliphatic carbocycles. The fourth-order valence-electron chi connectivity index (χ4n) is 3.27. The van der Waals surface area contributed by atoms with Gasteiger partial charge in [-0.2, -0.15) is 0 Å². The van der Waals surface area contributed by atoms with Crippen molar-refractivity contribution in [2.75, 3.05) is 6.54 Å². The fourth-order valence-corrected chi connectivity index (χ4v) is 4.87. The second kappa shape index (κ2) is 4.53. The summed E-state index contributed by atoms with van der Waals surface area (Å²) in [4.78, 5) is 0.444. The molecule has 1 aliphatic heterocycles. The maximum atomic E-state index is 3.80. The zero-order valence-corrected chi connectivity index (χ0v) is 12.1. The lowest BCUT2D eigenvalue weighted by Crippen LogP contribution is -2.36. The molecule has 94 valence electrons. The van der Waals surface area contributed by atoms with E-state index < -0.39 is 0 Å². The SMILES string of the molecule is CC1CNC2(CCCC(C(C)(C)C)CC2)S1. The van der Waals surface area contributed by atoms with Crippen molar-refractivity contribution in [2.45, 2.75) is 69.9 Å². The number of nitrogens with one attached hydrogen (secondary N) is 1. The monoisotopic (exact) mass is 241 g/mol. The Morgan fingerprint density at radius 3 is 2.50 bits per heavy atom. The van der Waals surface area contributed by atoms with Crippen LogP contribution in [0.4, 0.5) is 0 Å². The van der Waals surface area contributed by atoms with Crippen molar-refractivity contribution in [1.82, 2.24) is 5.32 Å². The van der Waals surface area contributed by atoms with Gasteiger partial charge in [0.05, 0.1) is 4.87 Å². The lowest BCUT2D eigenvalue weighted by atomic mass is 9.76. The maximum absolute atomic E-state index is 3.80. The van der Waals surface area contributed by atoms with E-state index in [1.807, 2.05) is 0 Å². The van der Waals surface area contributed by atoms with E-state index in [-0.39, 0.29) is 0 Å². The summed E-state index contributed by atoms with van der Waals surface area (Å²) in [5.41, 5.74) is 0.500. The molecular weight excluding hydrogens is 214 g/mol. The summed E-state index contributed by atoms with van der Waals surface area (Å²) in [6.07, 6.45) is 7.02. The summed E-state index contributed by atoms with van der Waals surface area (Å²) < 4.78 is 0. The minimum absolute atomic E-state index is 0.444. The molecule has 1 N–H and O–H groups in total. The molecule has 3 atom stereocenters. The van der Waals surface area contributed by atoms with Crippen LogP contribution < -0.4 is 5.32 Å². The van der Waals surface area contributed by atoms with Gasteiger partial charge in [-0.25, -0.2) is 0 Å². The molecular formula is C14H27NS. The molecule has 1 spiro atoms. The average Bonchev–Trinajstić information content (AvgIpc) is 2.42. The van der Waals surface area contributed by atoms with Gasteiger partial charge in [0.1, 0.15) is 0 Å². The van der Waals surface area contributed by atoms with Crippen LogP contribution in [0, 0.1) is 11.3 Å². The number of rotatable bonds is 0. The smallest absolute Gasteiger partial charge is 0.0648 e. The summed E-state index contributed by atoms with van der Waals surface area (Å²) in [7, 11) is 0. The zero-order chi connectivity index (χ0) is 11.8. The van der Waals surface area contributed by atoms with Crippen molar-refractivity contribution in [3.8, 4) is 0 Å². The lowest BCUT2D eigenvalue weighted by Gasteiger charge is -2.31. The maximum Gasteiger partial charge on any atom is 0.0648 e. The fraction of sp³-hybridized carbons (Fsp3) is 1.00. The number of thioether (sulfide) groups is 1. The Labute approximate surface area is 105 Å². The predicted molar refractivity (Wildman–Crippen MR) is 73.8 cm³/mol. The topological polar surface area (TPSA) is 12.0 Å². The van der Waals surface area contributed by atoms with Gasteiger partial charge in [-0.3, -0.25) is 0 Å². The normalized spacial score (nSPS) is 41.2. The molecule has 0 aromatic heterocycles. The van der Waals surface area contributed by atoms with E-state index in [0.717, 1.165) is 11.2 Å². The standard InChI is InChI=1S/C14H27NS/c1-11-10-15-14(16-11)8-5-6-12(7-9-14)13(2,3)4/h11-12,15H,5-10H2,1-4H3. The van der Waals surface area contributed by atoms with Crippen LogP contribution in [0.3, 0.4) is 0 Å². The quantitative estimate of drug-likeness (QED) is 0.687. The summed E-state index contributed by atoms with van der Waals surface area (Å²) in [5.74, 6) is 0.921. The highest BCUT2D eigenvalue weighted by Gasteiger charge is 2.40. The number of hydrogen-bond acceptors (Lipinski definition) is 2. The van der Waals surface area contributed by atoms with E-state index >= 15 is 0 Å². The second-order valence-electron chi connectivity index (χ2n) is 6.80. The van der Waals surface area contributed by atoms with Crippen molar-refractivity contribution in [3.05, 3.63) is 0 Å². The average molecular weight is 241 g/mol. The van der Waals surface area contributed by atoms with E-state index in [1.165, 1.54) is 38.6 Å². The first-order chi connectivity index (χ1) is 7.41. The molecule has 0 amide bonds. The molecule has 2 aliphatic rings. The van der Waals surface area contributed by atoms with Crippen LogP contribution in [-0.4, -0.2) is 16.7 Å². The molecule has 0 radical (unpaired) electrons. The van der Waals surface area contributed by atoms with E-state index in [2.05, 4.69) is 44.8 Å². The highest BCUT2D eigenvalue weighted by atomic mass is 32.2. The Balaban J connectivity index is 1.98. The van der Waals surface area contributed by atoms with Crippen LogP contribution >= 0.6 is 11.8 Å². The van der Waals surface area contributed by atoms with Crippen LogP contribution in [0.1, 0.15) is 59.8 Å². The highest BCUT2D eigenvalue weighted by Crippen LogP contribution is 2.46. The summed E-state index contributed by atoms with van der Waals surface area (Å²) in [5, 5.41) is 4.61. The Bertz CT molecular complexity index is 246. The van der Waals surface area contributed by atoms with E-state index in [0.29, 0.717) is 10.3 Å². The first-order valence-corrected chi connectivity index (χ1v) is 7.72. The van der Waals surface area contributed by atoms with Gasteiger partial charge in [0.25, 0.3) is 0 Å². The first kappa shape index (κ1) is 12.8. The largest absolute Gasteiger partial charge is 0.302 e. The van der Waals surface area contributed by atoms with Crippen molar-refractivity contribution >= 4 is 11.8 Å². The summed E-state index contributed by atoms with van der Waals surface area (Å²) >= 11 is 2.20. The van der Waals surface area contributed by atoms with Gasteiger partial charge in [-0.15, -0.1) is 11.8 Å². The molecule has 0 aromatic rings. The molecule has 1 saturated carbocycles. The third-order valence-electron chi connectivity index (χ3n) is 4.39. The molecule has 16 heavy (non-hydrogen) atoms. The van der Waals surface area contributed by atoms with Crippen LogP contribution in [0.25, 0.3) is 0 Å². The van der Waals surface area contributed by atoms with Crippen LogP contribution in [0.15, 0.2) is 0 Å². The molecule has 2 heteroatoms. The minimum atomic E-state index is 0.444. The van der Waals surface area contributed by atoms with Gasteiger partial charge in [0, 0.05) is 11.8 Å². The summed E-state index contributed by atoms with van der Waals surface area (Å²) in [6.45, 7) is 10.8. The molecule has 1 heterocycles. The minimum Gasteiger partial charge on any atom is -0.302 e. The van der Waals surface area contributed by atoms with E-state index in [9.17, 15) is 0 Å². The molecule has 0 aromatic carbocycles. The Morgan fingerprint density at radius 2 is 1.94 bits per heavy atom. The number of hydrogen-bond donors (Lipinski definition) is 1. The molecule has 2 fully saturated rings. The summed E-state index contributed by atoms with van der Waals surface area (Å²) in [6, 6.07) is 0. The Hall–Kier alpha value is 0.310. The molecule has 2 rings (SSSR count). The van der Waals surface area contributed by atoms with Crippen molar-refractivity contribution in [3.63, 3.8) is 0 Å². The van der Waals surface area contributed by atoms with Crippen molar-refractivity contribution < 1.29 is 0 Å². The molecule has 1 nitrogen and oxygen atoms in total. The van der Waals surface area contributed by atoms with Crippen LogP contribution in [0.2, 0.25) is 0 Å². The third-order valence-corrected chi connectivity index (χ3v) is 5.97. The third kappa shape index (κ3) is 2.76. The predicted octanol–water partition coefficient (Wildman–Crippen LogP) is 4.03. The van der Waals surface area contributed by atoms with Gasteiger partial charge in [-0.1, -0.05) is 34.1 Å². The molecule has 1 saturated heterocycles. The Morgan fingerprint density at radius 1 is 1.19 bits per heavy atom. The van der Waals surface area contributed by atoms with Gasteiger partial charge in [0.2, 0.25) is 0 Å². The molecule has 3 unspecified atom stereocenters. The van der Waals surface area contributed by atoms with Gasteiger partial charge >= 0.3 is 0 Å². The van der Waals surface area contributed by atoms with Crippen LogP contribution in [-0.2, 0) is 0 Å². The van der Waals surface area contributed by atoms with E-state index in [1.54, 1.807) is 0 Å². The van der Waals surface area contributed by atoms with Crippen molar-refractivity contribution in [1.29, 1.82) is 0 Å². The van der Waals surface area contributed by atoms with Gasteiger partial charge < -0.3 is 5.32 Å². The van der Waals surface area contributed by atoms with E-state index in [4.69, 9.17) is 0 Å². The lowest BCUT2D eigenvalue weighted by molar-refractivity contribution is 0.213. The van der Waals surface area contributed by atoms with Gasteiger partial charge in [0.15, 0.2) is 0 Å².